The molecule has 0 saturated heterocycles. The van der Waals surface area contributed by atoms with E-state index in [9.17, 15) is 0 Å². The van der Waals surface area contributed by atoms with Crippen molar-refractivity contribution in [2.75, 3.05) is 0 Å². The number of hydrogen-bond acceptors (Lipinski definition) is 1. The van der Waals surface area contributed by atoms with Crippen molar-refractivity contribution in [2.45, 2.75) is 26.8 Å². The maximum Gasteiger partial charge on any atom is 0.0225 e. The van der Waals surface area contributed by atoms with Gasteiger partial charge in [-0.3, -0.25) is 0 Å². The van der Waals surface area contributed by atoms with Crippen LogP contribution in [-0.2, 0) is 0 Å². The second kappa shape index (κ2) is 4.91. The molecule has 0 radical (unpaired) electrons. The van der Waals surface area contributed by atoms with Crippen molar-refractivity contribution in [1.29, 1.82) is 0 Å². The van der Waals surface area contributed by atoms with Gasteiger partial charge in [-0.2, -0.15) is 0 Å². The Labute approximate surface area is 69.3 Å². The topological polar surface area (TPSA) is 26.0 Å². The fourth-order valence-corrected chi connectivity index (χ4v) is 0.725. The van der Waals surface area contributed by atoms with Gasteiger partial charge in [0, 0.05) is 6.04 Å². The van der Waals surface area contributed by atoms with E-state index in [0.717, 1.165) is 0 Å². The lowest BCUT2D eigenvalue weighted by molar-refractivity contribution is 0.859. The first-order valence-electron chi connectivity index (χ1n) is 3.81. The first-order chi connectivity index (χ1) is 5.07. The Morgan fingerprint density at radius 2 is 2.00 bits per heavy atom. The zero-order valence-electron chi connectivity index (χ0n) is 7.59. The van der Waals surface area contributed by atoms with Gasteiger partial charge in [-0.15, -0.1) is 0 Å². The molecule has 1 unspecified atom stereocenters. The summed E-state index contributed by atoms with van der Waals surface area (Å²) in [5.74, 6) is 0. The summed E-state index contributed by atoms with van der Waals surface area (Å²) in [6.07, 6.45) is 5.82. The molecule has 0 aliphatic rings. The van der Waals surface area contributed by atoms with E-state index >= 15 is 0 Å². The van der Waals surface area contributed by atoms with Gasteiger partial charge in [0.25, 0.3) is 0 Å². The van der Waals surface area contributed by atoms with E-state index in [2.05, 4.69) is 12.7 Å². The summed E-state index contributed by atoms with van der Waals surface area (Å²) in [5, 5.41) is 0. The van der Waals surface area contributed by atoms with E-state index in [1.165, 1.54) is 11.1 Å². The van der Waals surface area contributed by atoms with E-state index in [1.54, 1.807) is 6.08 Å². The Morgan fingerprint density at radius 1 is 1.45 bits per heavy atom. The summed E-state index contributed by atoms with van der Waals surface area (Å²) in [6, 6.07) is 0.142. The van der Waals surface area contributed by atoms with Crippen molar-refractivity contribution in [3.8, 4) is 0 Å². The molecular weight excluding hydrogens is 134 g/mol. The SMILES string of the molecule is C=C/C=C(C)\C=C(\C)C(C)N. The van der Waals surface area contributed by atoms with E-state index in [4.69, 9.17) is 5.73 Å². The molecule has 0 amide bonds. The number of nitrogens with two attached hydrogens (primary N) is 1. The minimum Gasteiger partial charge on any atom is -0.324 e. The summed E-state index contributed by atoms with van der Waals surface area (Å²) in [5.41, 5.74) is 8.04. The molecule has 0 heterocycles. The summed E-state index contributed by atoms with van der Waals surface area (Å²) in [6.45, 7) is 9.66. The first kappa shape index (κ1) is 10.2. The molecule has 0 aromatic rings. The van der Waals surface area contributed by atoms with E-state index in [0.29, 0.717) is 0 Å². The van der Waals surface area contributed by atoms with Gasteiger partial charge < -0.3 is 5.73 Å². The van der Waals surface area contributed by atoms with Gasteiger partial charge in [-0.05, 0) is 20.8 Å². The van der Waals surface area contributed by atoms with Gasteiger partial charge in [0.1, 0.15) is 0 Å². The first-order valence-corrected chi connectivity index (χ1v) is 3.81. The molecule has 0 aliphatic carbocycles. The maximum absolute atomic E-state index is 5.66. The minimum absolute atomic E-state index is 0.142. The van der Waals surface area contributed by atoms with Gasteiger partial charge >= 0.3 is 0 Å². The Kier molecular flexibility index (Phi) is 4.55. The highest BCUT2D eigenvalue weighted by molar-refractivity contribution is 5.25. The van der Waals surface area contributed by atoms with Crippen molar-refractivity contribution in [1.82, 2.24) is 0 Å². The quantitative estimate of drug-likeness (QED) is 0.616. The zero-order chi connectivity index (χ0) is 8.85. The Hall–Kier alpha value is -0.820. The largest absolute Gasteiger partial charge is 0.324 e. The lowest BCUT2D eigenvalue weighted by Crippen LogP contribution is -2.15. The van der Waals surface area contributed by atoms with Crippen LogP contribution < -0.4 is 5.73 Å². The average molecular weight is 151 g/mol. The van der Waals surface area contributed by atoms with Crippen LogP contribution in [0.2, 0.25) is 0 Å². The van der Waals surface area contributed by atoms with Gasteiger partial charge in [0.15, 0.2) is 0 Å². The maximum atomic E-state index is 5.66. The van der Waals surface area contributed by atoms with E-state index in [-0.39, 0.29) is 6.04 Å². The molecule has 62 valence electrons. The molecule has 0 bridgehead atoms. The second-order valence-corrected chi connectivity index (χ2v) is 2.82. The lowest BCUT2D eigenvalue weighted by atomic mass is 10.1. The van der Waals surface area contributed by atoms with Crippen molar-refractivity contribution >= 4 is 0 Å². The van der Waals surface area contributed by atoms with Crippen LogP contribution in [0.3, 0.4) is 0 Å². The van der Waals surface area contributed by atoms with Crippen LogP contribution in [0.15, 0.2) is 36.0 Å². The van der Waals surface area contributed by atoms with Crippen LogP contribution in [0.4, 0.5) is 0 Å². The molecule has 1 nitrogen and oxygen atoms in total. The predicted octanol–water partition coefficient (Wildman–Crippen LogP) is 2.41. The molecule has 0 saturated carbocycles. The minimum atomic E-state index is 0.142. The third-order valence-electron chi connectivity index (χ3n) is 1.55. The second-order valence-electron chi connectivity index (χ2n) is 2.82. The molecular formula is C10H17N. The molecule has 11 heavy (non-hydrogen) atoms. The van der Waals surface area contributed by atoms with Crippen molar-refractivity contribution in [2.24, 2.45) is 5.73 Å². The smallest absolute Gasteiger partial charge is 0.0225 e. The molecule has 0 spiro atoms. The predicted molar refractivity (Wildman–Crippen MR) is 51.4 cm³/mol. The van der Waals surface area contributed by atoms with E-state index < -0.39 is 0 Å². The van der Waals surface area contributed by atoms with Gasteiger partial charge in [0.2, 0.25) is 0 Å². The van der Waals surface area contributed by atoms with Crippen molar-refractivity contribution in [3.05, 3.63) is 36.0 Å². The van der Waals surface area contributed by atoms with Crippen molar-refractivity contribution < 1.29 is 0 Å². The summed E-state index contributed by atoms with van der Waals surface area (Å²) >= 11 is 0. The van der Waals surface area contributed by atoms with Gasteiger partial charge in [-0.25, -0.2) is 0 Å². The van der Waals surface area contributed by atoms with Crippen LogP contribution in [0.5, 0.6) is 0 Å². The highest BCUT2D eigenvalue weighted by atomic mass is 14.6. The van der Waals surface area contributed by atoms with Gasteiger partial charge in [0.05, 0.1) is 0 Å². The standard InChI is InChI=1S/C10H17N/c1-5-6-8(2)7-9(3)10(4)11/h5-7,10H,1,11H2,2-4H3/b8-6-,9-7-. The summed E-state index contributed by atoms with van der Waals surface area (Å²) in [4.78, 5) is 0. The zero-order valence-corrected chi connectivity index (χ0v) is 7.59. The Morgan fingerprint density at radius 3 is 2.36 bits per heavy atom. The lowest BCUT2D eigenvalue weighted by Gasteiger charge is -2.04. The molecule has 0 aromatic carbocycles. The highest BCUT2D eigenvalue weighted by Crippen LogP contribution is 2.03. The van der Waals surface area contributed by atoms with Crippen LogP contribution in [0, 0.1) is 0 Å². The summed E-state index contributed by atoms with van der Waals surface area (Å²) < 4.78 is 0. The molecule has 1 atom stereocenters. The molecule has 0 aliphatic heterocycles. The normalized spacial score (nSPS) is 16.4. The molecule has 2 N–H and O–H groups in total. The third kappa shape index (κ3) is 4.57. The Balaban J connectivity index is 4.30. The number of hydrogen-bond donors (Lipinski definition) is 1. The summed E-state index contributed by atoms with van der Waals surface area (Å²) in [7, 11) is 0. The average Bonchev–Trinajstić information content (AvgIpc) is 1.87. The van der Waals surface area contributed by atoms with Crippen LogP contribution in [0.1, 0.15) is 20.8 Å². The van der Waals surface area contributed by atoms with Gasteiger partial charge in [-0.1, -0.05) is 36.0 Å². The molecule has 1 heteroatoms. The number of allylic oxidation sites excluding steroid dienone is 4. The highest BCUT2D eigenvalue weighted by Gasteiger charge is 1.94. The van der Waals surface area contributed by atoms with Crippen molar-refractivity contribution in [3.63, 3.8) is 0 Å². The fraction of sp³-hybridized carbons (Fsp3) is 0.400. The van der Waals surface area contributed by atoms with Crippen LogP contribution in [0.25, 0.3) is 0 Å². The molecule has 0 rings (SSSR count). The fourth-order valence-electron chi connectivity index (χ4n) is 0.725. The van der Waals surface area contributed by atoms with Crippen LogP contribution >= 0.6 is 0 Å². The van der Waals surface area contributed by atoms with E-state index in [1.807, 2.05) is 26.8 Å². The molecule has 0 aromatic heterocycles. The third-order valence-corrected chi connectivity index (χ3v) is 1.55. The monoisotopic (exact) mass is 151 g/mol. The molecule has 0 fully saturated rings. The Bertz CT molecular complexity index is 185. The number of rotatable bonds is 3. The van der Waals surface area contributed by atoms with Crippen LogP contribution in [-0.4, -0.2) is 6.04 Å².